The number of carbonyl (C=O) groups excluding carboxylic acids is 1. The number of rotatable bonds is 3. The van der Waals surface area contributed by atoms with Crippen molar-refractivity contribution in [2.45, 2.75) is 6.61 Å². The summed E-state index contributed by atoms with van der Waals surface area (Å²) in [6.45, 7) is -0.0563. The largest absolute Gasteiger partial charge is 0.457 e. The van der Waals surface area contributed by atoms with E-state index < -0.39 is 11.8 Å². The predicted octanol–water partition coefficient (Wildman–Crippen LogP) is 4.18. The quantitative estimate of drug-likeness (QED) is 0.661. The molecule has 0 spiro atoms. The van der Waals surface area contributed by atoms with E-state index in [0.29, 0.717) is 15.1 Å². The Labute approximate surface area is 128 Å². The van der Waals surface area contributed by atoms with Gasteiger partial charge in [-0.15, -0.1) is 0 Å². The zero-order chi connectivity index (χ0) is 14.7. The molecule has 0 atom stereocenters. The number of benzene rings is 2. The second-order valence-electron chi connectivity index (χ2n) is 4.04. The van der Waals surface area contributed by atoms with E-state index in [1.54, 1.807) is 12.1 Å². The summed E-state index contributed by atoms with van der Waals surface area (Å²) in [6, 6.07) is 8.66. The van der Waals surface area contributed by atoms with Crippen molar-refractivity contribution in [3.63, 3.8) is 0 Å². The fourth-order valence-corrected chi connectivity index (χ4v) is 2.14. The summed E-state index contributed by atoms with van der Waals surface area (Å²) >= 11 is 9.01. The maximum Gasteiger partial charge on any atom is 0.340 e. The highest BCUT2D eigenvalue weighted by Crippen LogP contribution is 2.21. The van der Waals surface area contributed by atoms with Gasteiger partial charge >= 0.3 is 5.97 Å². The van der Waals surface area contributed by atoms with Gasteiger partial charge in [-0.1, -0.05) is 27.5 Å². The summed E-state index contributed by atoms with van der Waals surface area (Å²) in [7, 11) is 0. The van der Waals surface area contributed by atoms with Crippen molar-refractivity contribution in [1.82, 2.24) is 0 Å². The molecule has 0 heterocycles. The molecule has 0 aliphatic rings. The van der Waals surface area contributed by atoms with Crippen molar-refractivity contribution >= 4 is 39.2 Å². The molecule has 0 aliphatic carbocycles. The summed E-state index contributed by atoms with van der Waals surface area (Å²) in [6.07, 6.45) is 0. The zero-order valence-corrected chi connectivity index (χ0v) is 12.5. The lowest BCUT2D eigenvalue weighted by Crippen LogP contribution is -2.08. The Morgan fingerprint density at radius 1 is 1.30 bits per heavy atom. The van der Waals surface area contributed by atoms with Crippen LogP contribution < -0.4 is 5.73 Å². The van der Waals surface area contributed by atoms with Gasteiger partial charge in [-0.05, 0) is 36.4 Å². The van der Waals surface area contributed by atoms with Gasteiger partial charge in [-0.2, -0.15) is 0 Å². The van der Waals surface area contributed by atoms with Crippen molar-refractivity contribution in [3.05, 3.63) is 62.8 Å². The van der Waals surface area contributed by atoms with Gasteiger partial charge in [0.15, 0.2) is 0 Å². The number of nitrogen functional groups attached to an aromatic ring is 1. The van der Waals surface area contributed by atoms with E-state index >= 15 is 0 Å². The first-order valence-corrected chi connectivity index (χ1v) is 6.80. The third-order valence-corrected chi connectivity index (χ3v) is 3.61. The van der Waals surface area contributed by atoms with Gasteiger partial charge in [0.05, 0.1) is 5.56 Å². The lowest BCUT2D eigenvalue weighted by atomic mass is 10.2. The molecular formula is C14H10BrClFNO2. The first kappa shape index (κ1) is 14.8. The zero-order valence-electron chi connectivity index (χ0n) is 10.2. The summed E-state index contributed by atoms with van der Waals surface area (Å²) in [5.41, 5.74) is 6.68. The molecule has 2 rings (SSSR count). The average molecular weight is 359 g/mol. The van der Waals surface area contributed by atoms with Gasteiger partial charge in [-0.3, -0.25) is 0 Å². The number of hydrogen-bond donors (Lipinski definition) is 1. The van der Waals surface area contributed by atoms with Gasteiger partial charge in [0.1, 0.15) is 12.4 Å². The van der Waals surface area contributed by atoms with Gasteiger partial charge in [-0.25, -0.2) is 9.18 Å². The van der Waals surface area contributed by atoms with Crippen LogP contribution in [-0.4, -0.2) is 5.97 Å². The van der Waals surface area contributed by atoms with E-state index in [2.05, 4.69) is 15.9 Å². The Kier molecular flexibility index (Phi) is 4.62. The molecule has 0 fully saturated rings. The van der Waals surface area contributed by atoms with Crippen LogP contribution in [0.25, 0.3) is 0 Å². The summed E-state index contributed by atoms with van der Waals surface area (Å²) < 4.78 is 18.9. The summed E-state index contributed by atoms with van der Waals surface area (Å²) in [4.78, 5) is 11.9. The molecule has 0 saturated carbocycles. The Bertz CT molecular complexity index is 664. The molecule has 0 radical (unpaired) electrons. The monoisotopic (exact) mass is 357 g/mol. The maximum atomic E-state index is 13.1. The van der Waals surface area contributed by atoms with Crippen LogP contribution in [0.15, 0.2) is 40.9 Å². The van der Waals surface area contributed by atoms with E-state index in [1.807, 2.05) is 0 Å². The molecule has 0 aliphatic heterocycles. The molecule has 20 heavy (non-hydrogen) atoms. The molecule has 104 valence electrons. The third kappa shape index (κ3) is 3.49. The van der Waals surface area contributed by atoms with Crippen LogP contribution in [0.2, 0.25) is 5.02 Å². The highest BCUT2D eigenvalue weighted by molar-refractivity contribution is 9.10. The predicted molar refractivity (Wildman–Crippen MR) is 79.1 cm³/mol. The van der Waals surface area contributed by atoms with Gasteiger partial charge in [0.2, 0.25) is 0 Å². The number of carbonyl (C=O) groups is 1. The molecule has 2 aromatic carbocycles. The SMILES string of the molecule is Nc1cc(Cl)ccc1C(=O)OCc1cc(F)ccc1Br. The molecule has 2 N–H and O–H groups in total. The van der Waals surface area contributed by atoms with Gasteiger partial charge in [0.25, 0.3) is 0 Å². The molecule has 0 unspecified atom stereocenters. The molecule has 2 aromatic rings. The lowest BCUT2D eigenvalue weighted by molar-refractivity contribution is 0.0473. The Morgan fingerprint density at radius 2 is 2.05 bits per heavy atom. The fraction of sp³-hybridized carbons (Fsp3) is 0.0714. The van der Waals surface area contributed by atoms with E-state index in [0.717, 1.165) is 0 Å². The van der Waals surface area contributed by atoms with Crippen LogP contribution >= 0.6 is 27.5 Å². The Morgan fingerprint density at radius 3 is 2.75 bits per heavy atom. The van der Waals surface area contributed by atoms with Crippen molar-refractivity contribution in [1.29, 1.82) is 0 Å². The maximum absolute atomic E-state index is 13.1. The van der Waals surface area contributed by atoms with E-state index in [-0.39, 0.29) is 17.9 Å². The minimum atomic E-state index is -0.588. The first-order chi connectivity index (χ1) is 9.47. The molecule has 0 aromatic heterocycles. The average Bonchev–Trinajstić information content (AvgIpc) is 2.39. The number of hydrogen-bond acceptors (Lipinski definition) is 3. The highest BCUT2D eigenvalue weighted by Gasteiger charge is 2.12. The van der Waals surface area contributed by atoms with Crippen molar-refractivity contribution in [3.8, 4) is 0 Å². The van der Waals surface area contributed by atoms with Crippen LogP contribution in [-0.2, 0) is 11.3 Å². The number of ether oxygens (including phenoxy) is 1. The summed E-state index contributed by atoms with van der Waals surface area (Å²) in [5, 5.41) is 0.437. The normalized spacial score (nSPS) is 10.3. The van der Waals surface area contributed by atoms with Gasteiger partial charge in [0, 0.05) is 20.7 Å². The molecule has 0 saturated heterocycles. The van der Waals surface area contributed by atoms with Crippen molar-refractivity contribution in [2.24, 2.45) is 0 Å². The third-order valence-electron chi connectivity index (χ3n) is 2.60. The summed E-state index contributed by atoms with van der Waals surface area (Å²) in [5.74, 6) is -0.986. The van der Waals surface area contributed by atoms with Crippen LogP contribution in [0.4, 0.5) is 10.1 Å². The van der Waals surface area contributed by atoms with Crippen LogP contribution in [0, 0.1) is 5.82 Å². The Hall–Kier alpha value is -1.59. The number of esters is 1. The fourth-order valence-electron chi connectivity index (χ4n) is 1.59. The number of anilines is 1. The van der Waals surface area contributed by atoms with Crippen LogP contribution in [0.5, 0.6) is 0 Å². The minimum Gasteiger partial charge on any atom is -0.457 e. The second-order valence-corrected chi connectivity index (χ2v) is 5.33. The minimum absolute atomic E-state index is 0.0563. The number of nitrogens with two attached hydrogens (primary N) is 1. The number of halogens is 3. The second kappa shape index (κ2) is 6.24. The van der Waals surface area contributed by atoms with Crippen LogP contribution in [0.1, 0.15) is 15.9 Å². The molecule has 6 heteroatoms. The van der Waals surface area contributed by atoms with Crippen molar-refractivity contribution in [2.75, 3.05) is 5.73 Å². The van der Waals surface area contributed by atoms with E-state index in [9.17, 15) is 9.18 Å². The smallest absolute Gasteiger partial charge is 0.340 e. The van der Waals surface area contributed by atoms with E-state index in [1.165, 1.54) is 24.3 Å². The van der Waals surface area contributed by atoms with Crippen LogP contribution in [0.3, 0.4) is 0 Å². The van der Waals surface area contributed by atoms with E-state index in [4.69, 9.17) is 22.1 Å². The molecule has 3 nitrogen and oxygen atoms in total. The topological polar surface area (TPSA) is 52.3 Å². The van der Waals surface area contributed by atoms with Crippen molar-refractivity contribution < 1.29 is 13.9 Å². The molecule has 0 bridgehead atoms. The Balaban J connectivity index is 2.10. The van der Waals surface area contributed by atoms with Gasteiger partial charge < -0.3 is 10.5 Å². The standard InChI is InChI=1S/C14H10BrClFNO2/c15-12-4-2-10(17)5-8(12)7-20-14(19)11-3-1-9(16)6-13(11)18/h1-6H,7,18H2. The highest BCUT2D eigenvalue weighted by atomic mass is 79.9. The first-order valence-electron chi connectivity index (χ1n) is 5.63. The molecule has 0 amide bonds. The molecular weight excluding hydrogens is 349 g/mol. The lowest BCUT2D eigenvalue weighted by Gasteiger charge is -2.08.